The number of rotatable bonds is 6. The molecule has 3 heterocycles. The van der Waals surface area contributed by atoms with Crippen LogP contribution in [0.2, 0.25) is 0 Å². The van der Waals surface area contributed by atoms with E-state index < -0.39 is 11.9 Å². The lowest BCUT2D eigenvalue weighted by Crippen LogP contribution is -2.49. The highest BCUT2D eigenvalue weighted by Crippen LogP contribution is 2.35. The highest BCUT2D eigenvalue weighted by molar-refractivity contribution is 6.15. The number of anilines is 1. The average Bonchev–Trinajstić information content (AvgIpc) is 2.91. The van der Waals surface area contributed by atoms with Crippen LogP contribution in [0.25, 0.3) is 11.1 Å². The maximum absolute atomic E-state index is 13.5. The van der Waals surface area contributed by atoms with Crippen LogP contribution in [0.3, 0.4) is 0 Å². The fraction of sp³-hybridized carbons (Fsp3) is 0.417. The number of nitrogens with zero attached hydrogens (tertiary/aromatic N) is 2. The zero-order valence-electron chi connectivity index (χ0n) is 26.4. The summed E-state index contributed by atoms with van der Waals surface area (Å²) in [6, 6.07) is 9.80. The molecule has 0 fully saturated rings. The summed E-state index contributed by atoms with van der Waals surface area (Å²) >= 11 is 0. The number of benzene rings is 2. The molecule has 42 heavy (non-hydrogen) atoms. The van der Waals surface area contributed by atoms with Gasteiger partial charge in [0.15, 0.2) is 11.3 Å². The van der Waals surface area contributed by atoms with Crippen molar-refractivity contribution in [2.75, 3.05) is 24.5 Å². The number of likely N-dealkylation sites (N-methyl/N-ethyl adjacent to an activating group) is 1. The summed E-state index contributed by atoms with van der Waals surface area (Å²) in [5.74, 6) is 0.108. The molecule has 0 aliphatic carbocycles. The van der Waals surface area contributed by atoms with Crippen molar-refractivity contribution in [3.63, 3.8) is 0 Å². The Labute approximate surface area is 249 Å². The monoisotopic (exact) mass is 567 g/mol. The lowest BCUT2D eigenvalue weighted by molar-refractivity contribution is -0.136. The first-order chi connectivity index (χ1) is 19.8. The smallest absolute Gasteiger partial charge is 0.326 e. The van der Waals surface area contributed by atoms with E-state index in [-0.39, 0.29) is 16.7 Å². The van der Waals surface area contributed by atoms with Crippen molar-refractivity contribution in [1.29, 1.82) is 0 Å². The van der Waals surface area contributed by atoms with Gasteiger partial charge in [-0.15, -0.1) is 0 Å². The van der Waals surface area contributed by atoms with Crippen LogP contribution in [0.4, 0.5) is 5.69 Å². The third-order valence-electron chi connectivity index (χ3n) is 8.53. The molecule has 0 radical (unpaired) electrons. The summed E-state index contributed by atoms with van der Waals surface area (Å²) in [6.07, 6.45) is 7.89. The summed E-state index contributed by atoms with van der Waals surface area (Å²) in [5, 5.41) is 2.08. The molecule has 6 nitrogen and oxygen atoms in total. The molecule has 0 saturated carbocycles. The quantitative estimate of drug-likeness (QED) is 0.194. The molecule has 0 aromatic heterocycles. The van der Waals surface area contributed by atoms with Gasteiger partial charge < -0.3 is 14.4 Å². The number of ether oxygens (including phenoxy) is 2. The number of esters is 1. The molecule has 2 aromatic carbocycles. The summed E-state index contributed by atoms with van der Waals surface area (Å²) in [7, 11) is 0. The number of Topliss-reactive ketones (excluding diaryl/α,β-unsaturated/α-hetero) is 1. The Morgan fingerprint density at radius 1 is 0.976 bits per heavy atom. The Hall–Kier alpha value is -3.93. The van der Waals surface area contributed by atoms with Crippen LogP contribution in [0, 0.1) is 11.3 Å². The Kier molecular flexibility index (Phi) is 7.55. The van der Waals surface area contributed by atoms with Gasteiger partial charge in [0.25, 0.3) is 0 Å². The lowest BCUT2D eigenvalue weighted by atomic mass is 9.88. The molecule has 0 bridgehead atoms. The Balaban J connectivity index is 1.62. The fourth-order valence-corrected chi connectivity index (χ4v) is 6.26. The number of ketones is 1. The third-order valence-corrected chi connectivity index (χ3v) is 8.53. The van der Waals surface area contributed by atoms with Gasteiger partial charge in [0.2, 0.25) is 5.36 Å². The Morgan fingerprint density at radius 2 is 1.69 bits per heavy atom. The van der Waals surface area contributed by atoms with E-state index in [0.717, 1.165) is 58.5 Å². The summed E-state index contributed by atoms with van der Waals surface area (Å²) in [4.78, 5) is 28.8. The third kappa shape index (κ3) is 5.12. The SMILES string of the molecule is CCN(CC)c1ccc2c(c1)OC(=O)C(/C=C/C1=c3cc4c(cc3OC(C(C)(C)C)=C1)=[N+](CC)C(C)(C)C=C4C)C2=O. The predicted molar refractivity (Wildman–Crippen MR) is 169 cm³/mol. The van der Waals surface area contributed by atoms with Crippen LogP contribution >= 0.6 is 0 Å². The van der Waals surface area contributed by atoms with Gasteiger partial charge in [-0.25, -0.2) is 4.58 Å². The highest BCUT2D eigenvalue weighted by atomic mass is 16.5. The standard InChI is InChI=1S/C36H43N2O4/c1-10-37(11-2)24-14-16-25-30(18-24)42-34(40)26(33(25)39)15-13-23-17-32(35(5,6)7)41-31-20-29-27(19-28(23)31)22(4)21-36(8,9)38(29)12-3/h13-21,26H,10-12H2,1-9H3/q+1/b15-13+. The van der Waals surface area contributed by atoms with E-state index in [1.165, 1.54) is 5.57 Å². The summed E-state index contributed by atoms with van der Waals surface area (Å²) in [5.41, 5.74) is 4.27. The minimum atomic E-state index is -1.02. The van der Waals surface area contributed by atoms with Crippen LogP contribution in [-0.4, -0.2) is 36.9 Å². The largest absolute Gasteiger partial charge is 0.460 e. The zero-order chi connectivity index (χ0) is 30.6. The van der Waals surface area contributed by atoms with Gasteiger partial charge in [0, 0.05) is 54.9 Å². The van der Waals surface area contributed by atoms with Crippen molar-refractivity contribution in [2.45, 2.75) is 67.9 Å². The van der Waals surface area contributed by atoms with Crippen molar-refractivity contribution in [2.24, 2.45) is 11.3 Å². The molecular formula is C36H43N2O4+. The van der Waals surface area contributed by atoms with Crippen molar-refractivity contribution in [1.82, 2.24) is 4.58 Å². The van der Waals surface area contributed by atoms with Gasteiger partial charge >= 0.3 is 5.97 Å². The van der Waals surface area contributed by atoms with Crippen molar-refractivity contribution in [3.05, 3.63) is 82.1 Å². The highest BCUT2D eigenvalue weighted by Gasteiger charge is 2.36. The molecule has 0 saturated heterocycles. The predicted octanol–water partition coefficient (Wildman–Crippen LogP) is 5.69. The van der Waals surface area contributed by atoms with Gasteiger partial charge in [0.05, 0.1) is 11.6 Å². The van der Waals surface area contributed by atoms with E-state index in [9.17, 15) is 9.59 Å². The lowest BCUT2D eigenvalue weighted by Gasteiger charge is -2.28. The number of hydrogen-bond donors (Lipinski definition) is 0. The zero-order valence-corrected chi connectivity index (χ0v) is 26.4. The fourth-order valence-electron chi connectivity index (χ4n) is 6.26. The molecule has 3 aliphatic heterocycles. The number of carbonyl (C=O) groups excluding carboxylic acids is 2. The first-order valence-corrected chi connectivity index (χ1v) is 15.0. The number of hydrogen-bond acceptors (Lipinski definition) is 5. The minimum absolute atomic E-state index is 0.117. The molecule has 0 spiro atoms. The molecule has 1 atom stereocenters. The van der Waals surface area contributed by atoms with Crippen molar-refractivity contribution >= 4 is 28.6 Å². The van der Waals surface area contributed by atoms with E-state index in [4.69, 9.17) is 9.47 Å². The number of carbonyl (C=O) groups is 2. The van der Waals surface area contributed by atoms with Crippen LogP contribution in [0.1, 0.15) is 78.2 Å². The molecule has 1 unspecified atom stereocenters. The van der Waals surface area contributed by atoms with Crippen molar-refractivity contribution in [3.8, 4) is 11.5 Å². The van der Waals surface area contributed by atoms with Gasteiger partial charge in [-0.2, -0.15) is 0 Å². The van der Waals surface area contributed by atoms with Gasteiger partial charge in [-0.05, 0) is 69.2 Å². The van der Waals surface area contributed by atoms with Crippen molar-refractivity contribution < 1.29 is 19.1 Å². The van der Waals surface area contributed by atoms with Crippen LogP contribution in [0.5, 0.6) is 11.5 Å². The summed E-state index contributed by atoms with van der Waals surface area (Å²) < 4.78 is 14.6. The Bertz CT molecular complexity index is 1690. The normalized spacial score (nSPS) is 19.4. The number of fused-ring (bicyclic) bond motifs is 3. The molecular weight excluding hydrogens is 524 g/mol. The number of allylic oxidation sites excluding steroid dienone is 4. The maximum Gasteiger partial charge on any atom is 0.326 e. The Morgan fingerprint density at radius 3 is 2.33 bits per heavy atom. The molecule has 5 rings (SSSR count). The van der Waals surface area contributed by atoms with E-state index in [0.29, 0.717) is 11.3 Å². The molecule has 0 amide bonds. The first kappa shape index (κ1) is 29.6. The average molecular weight is 568 g/mol. The molecule has 0 N–H and O–H groups in total. The minimum Gasteiger partial charge on any atom is -0.460 e. The van der Waals surface area contributed by atoms with Gasteiger partial charge in [-0.3, -0.25) is 9.59 Å². The van der Waals surface area contributed by atoms with E-state index in [1.807, 2.05) is 18.2 Å². The molecule has 6 heteroatoms. The van der Waals surface area contributed by atoms with Gasteiger partial charge in [-0.1, -0.05) is 32.9 Å². The summed E-state index contributed by atoms with van der Waals surface area (Å²) in [6.45, 7) is 21.8. The second-order valence-corrected chi connectivity index (χ2v) is 12.9. The second kappa shape index (κ2) is 10.7. The topological polar surface area (TPSA) is 58.8 Å². The second-order valence-electron chi connectivity index (χ2n) is 12.9. The van der Waals surface area contributed by atoms with E-state index in [1.54, 1.807) is 18.2 Å². The molecule has 220 valence electrons. The first-order valence-electron chi connectivity index (χ1n) is 15.0. The van der Waals surface area contributed by atoms with Gasteiger partial charge in [0.1, 0.15) is 29.7 Å². The van der Waals surface area contributed by atoms with Crippen LogP contribution in [0.15, 0.2) is 60.4 Å². The van der Waals surface area contributed by atoms with E-state index >= 15 is 0 Å². The molecule has 2 aromatic rings. The van der Waals surface area contributed by atoms with Crippen LogP contribution < -0.4 is 29.5 Å². The molecule has 3 aliphatic rings. The van der Waals surface area contributed by atoms with Crippen LogP contribution in [-0.2, 0) is 4.79 Å². The van der Waals surface area contributed by atoms with E-state index in [2.05, 4.69) is 90.0 Å². The maximum atomic E-state index is 13.5.